The van der Waals surface area contributed by atoms with Gasteiger partial charge in [0, 0.05) is 12.5 Å². The zero-order valence-electron chi connectivity index (χ0n) is 24.9. The second-order valence-corrected chi connectivity index (χ2v) is 11.7. The van der Waals surface area contributed by atoms with Crippen LogP contribution in [-0.4, -0.2) is 58.3 Å². The van der Waals surface area contributed by atoms with Crippen LogP contribution in [0.5, 0.6) is 5.75 Å². The van der Waals surface area contributed by atoms with Gasteiger partial charge in [-0.05, 0) is 85.4 Å². The van der Waals surface area contributed by atoms with Gasteiger partial charge >= 0.3 is 18.0 Å². The smallest absolute Gasteiger partial charge is 0.414 e. The summed E-state index contributed by atoms with van der Waals surface area (Å²) in [5, 5.41) is 9.32. The minimum absolute atomic E-state index is 0.206. The van der Waals surface area contributed by atoms with Crippen LogP contribution in [0.25, 0.3) is 0 Å². The molecule has 2 amide bonds. The molecule has 9 nitrogen and oxygen atoms in total. The van der Waals surface area contributed by atoms with Crippen LogP contribution in [0.2, 0.25) is 0 Å². The van der Waals surface area contributed by atoms with Crippen molar-refractivity contribution in [2.75, 3.05) is 13.2 Å². The first kappa shape index (κ1) is 33.9. The number of ether oxygens (including phenoxy) is 3. The molecule has 0 aliphatic rings. The van der Waals surface area contributed by atoms with Crippen LogP contribution in [-0.2, 0) is 14.3 Å². The molecule has 0 radical (unpaired) electrons. The van der Waals surface area contributed by atoms with Gasteiger partial charge in [0.25, 0.3) is 0 Å². The normalized spacial score (nSPS) is 12.4. The van der Waals surface area contributed by atoms with Gasteiger partial charge in [0.1, 0.15) is 17.0 Å². The Morgan fingerprint density at radius 3 is 1.77 bits per heavy atom. The minimum atomic E-state index is -1.19. The highest BCUT2D eigenvalue weighted by Crippen LogP contribution is 2.23. The molecular formula is C30H47NO8. The third kappa shape index (κ3) is 13.0. The van der Waals surface area contributed by atoms with E-state index in [1.807, 2.05) is 13.8 Å². The van der Waals surface area contributed by atoms with Gasteiger partial charge in [0.2, 0.25) is 5.91 Å². The molecule has 0 saturated carbocycles. The average Bonchev–Trinajstić information content (AvgIpc) is 2.81. The molecule has 39 heavy (non-hydrogen) atoms. The Bertz CT molecular complexity index is 928. The molecule has 220 valence electrons. The number of benzene rings is 1. The van der Waals surface area contributed by atoms with E-state index in [9.17, 15) is 24.3 Å². The van der Waals surface area contributed by atoms with Gasteiger partial charge in [0.15, 0.2) is 0 Å². The standard InChI is InChI=1S/C30H47NO8/c1-9-16-31(28(35)36)25(32)21(10-2)15-13-11-12-14-17-37-24-19-22(26(33)38-29(3,4)5)18-23(20-24)27(34)39-30(6,7)8/h18-21H,9-17H2,1-8H3,(H,35,36). The van der Waals surface area contributed by atoms with Crippen molar-refractivity contribution in [1.82, 2.24) is 4.90 Å². The lowest BCUT2D eigenvalue weighted by atomic mass is 9.96. The van der Waals surface area contributed by atoms with Crippen LogP contribution in [0.3, 0.4) is 0 Å². The van der Waals surface area contributed by atoms with E-state index in [1.165, 1.54) is 6.07 Å². The highest BCUT2D eigenvalue weighted by molar-refractivity contribution is 5.96. The van der Waals surface area contributed by atoms with Gasteiger partial charge in [0.05, 0.1) is 17.7 Å². The molecule has 1 unspecified atom stereocenters. The number of carbonyl (C=O) groups is 4. The summed E-state index contributed by atoms with van der Waals surface area (Å²) in [6, 6.07) is 4.57. The lowest BCUT2D eigenvalue weighted by Gasteiger charge is -2.22. The van der Waals surface area contributed by atoms with Gasteiger partial charge < -0.3 is 19.3 Å². The molecule has 1 aromatic carbocycles. The van der Waals surface area contributed by atoms with Crippen molar-refractivity contribution in [3.05, 3.63) is 29.3 Å². The number of amides is 2. The number of nitrogens with zero attached hydrogens (tertiary/aromatic N) is 1. The first-order valence-electron chi connectivity index (χ1n) is 13.9. The monoisotopic (exact) mass is 549 g/mol. The molecule has 0 bridgehead atoms. The van der Waals surface area contributed by atoms with E-state index in [2.05, 4.69) is 0 Å². The first-order valence-corrected chi connectivity index (χ1v) is 13.9. The molecule has 1 aromatic rings. The molecule has 1 N–H and O–H groups in total. The molecule has 0 aliphatic carbocycles. The van der Waals surface area contributed by atoms with Crippen LogP contribution in [0.4, 0.5) is 4.79 Å². The van der Waals surface area contributed by atoms with Crippen molar-refractivity contribution in [1.29, 1.82) is 0 Å². The van der Waals surface area contributed by atoms with E-state index in [0.717, 1.165) is 30.6 Å². The Labute approximate surface area is 233 Å². The molecule has 0 aliphatic heterocycles. The average molecular weight is 550 g/mol. The van der Waals surface area contributed by atoms with Crippen molar-refractivity contribution in [2.45, 2.75) is 112 Å². The number of hydrogen-bond donors (Lipinski definition) is 1. The highest BCUT2D eigenvalue weighted by Gasteiger charge is 2.27. The number of carboxylic acid groups (broad SMARTS) is 1. The summed E-state index contributed by atoms with van der Waals surface area (Å²) < 4.78 is 16.8. The molecule has 0 heterocycles. The third-order valence-electron chi connectivity index (χ3n) is 5.68. The van der Waals surface area contributed by atoms with Crippen LogP contribution in [0.15, 0.2) is 18.2 Å². The second kappa shape index (κ2) is 15.5. The van der Waals surface area contributed by atoms with Crippen molar-refractivity contribution < 1.29 is 38.5 Å². The van der Waals surface area contributed by atoms with Gasteiger partial charge in [-0.15, -0.1) is 0 Å². The maximum Gasteiger partial charge on any atom is 0.414 e. The number of carbonyl (C=O) groups excluding carboxylic acids is 3. The van der Waals surface area contributed by atoms with Gasteiger partial charge in [-0.1, -0.05) is 33.1 Å². The Morgan fingerprint density at radius 1 is 0.821 bits per heavy atom. The largest absolute Gasteiger partial charge is 0.494 e. The SMILES string of the molecule is CCCN(C(=O)O)C(=O)C(CC)CCCCCCOc1cc(C(=O)OC(C)(C)C)cc(C(=O)OC(C)(C)C)c1. The first-order chi connectivity index (χ1) is 18.1. The topological polar surface area (TPSA) is 119 Å². The molecule has 9 heteroatoms. The zero-order chi connectivity index (χ0) is 29.8. The molecular weight excluding hydrogens is 502 g/mol. The van der Waals surface area contributed by atoms with Crippen LogP contribution in [0, 0.1) is 5.92 Å². The summed E-state index contributed by atoms with van der Waals surface area (Å²) in [7, 11) is 0. The van der Waals surface area contributed by atoms with E-state index in [-0.39, 0.29) is 29.5 Å². The van der Waals surface area contributed by atoms with E-state index < -0.39 is 29.2 Å². The van der Waals surface area contributed by atoms with Crippen molar-refractivity contribution in [2.24, 2.45) is 5.92 Å². The Hall–Kier alpha value is -3.10. The van der Waals surface area contributed by atoms with Gasteiger partial charge in [-0.3, -0.25) is 4.79 Å². The highest BCUT2D eigenvalue weighted by atomic mass is 16.6. The Morgan fingerprint density at radius 2 is 1.33 bits per heavy atom. The molecule has 0 aromatic heterocycles. The summed E-state index contributed by atoms with van der Waals surface area (Å²) in [6.45, 7) is 15.0. The summed E-state index contributed by atoms with van der Waals surface area (Å²) in [5.74, 6) is -1.36. The van der Waals surface area contributed by atoms with Crippen molar-refractivity contribution in [3.8, 4) is 5.75 Å². The summed E-state index contributed by atoms with van der Waals surface area (Å²) in [6.07, 6.45) is 3.91. The zero-order valence-corrected chi connectivity index (χ0v) is 24.9. The number of unbranched alkanes of at least 4 members (excludes halogenated alkanes) is 3. The Balaban J connectivity index is 2.72. The van der Waals surface area contributed by atoms with Crippen molar-refractivity contribution in [3.63, 3.8) is 0 Å². The third-order valence-corrected chi connectivity index (χ3v) is 5.68. The fraction of sp³-hybridized carbons (Fsp3) is 0.667. The number of rotatable bonds is 14. The predicted octanol–water partition coefficient (Wildman–Crippen LogP) is 6.87. The van der Waals surface area contributed by atoms with Crippen LogP contribution < -0.4 is 4.74 Å². The molecule has 1 rings (SSSR count). The maximum absolute atomic E-state index is 12.7. The van der Waals surface area contributed by atoms with Crippen LogP contribution >= 0.6 is 0 Å². The number of esters is 2. The molecule has 0 spiro atoms. The molecule has 0 fully saturated rings. The van der Waals surface area contributed by atoms with Crippen LogP contribution in [0.1, 0.15) is 121 Å². The molecule has 0 saturated heterocycles. The lowest BCUT2D eigenvalue weighted by Crippen LogP contribution is -2.40. The maximum atomic E-state index is 12.7. The van der Waals surface area contributed by atoms with Crippen molar-refractivity contribution >= 4 is 23.9 Å². The summed E-state index contributed by atoms with van der Waals surface area (Å²) in [5.41, 5.74) is -0.971. The second-order valence-electron chi connectivity index (χ2n) is 11.7. The summed E-state index contributed by atoms with van der Waals surface area (Å²) >= 11 is 0. The predicted molar refractivity (Wildman–Crippen MR) is 149 cm³/mol. The number of hydrogen-bond acceptors (Lipinski definition) is 7. The quantitative estimate of drug-likeness (QED) is 0.197. The fourth-order valence-electron chi connectivity index (χ4n) is 3.87. The summed E-state index contributed by atoms with van der Waals surface area (Å²) in [4.78, 5) is 50.3. The molecule has 1 atom stereocenters. The van der Waals surface area contributed by atoms with E-state index in [4.69, 9.17) is 14.2 Å². The Kier molecular flexibility index (Phi) is 13.5. The fourth-order valence-corrected chi connectivity index (χ4v) is 3.87. The van der Waals surface area contributed by atoms with Gasteiger partial charge in [-0.2, -0.15) is 0 Å². The minimum Gasteiger partial charge on any atom is -0.494 e. The lowest BCUT2D eigenvalue weighted by molar-refractivity contribution is -0.133. The number of imide groups is 1. The van der Waals surface area contributed by atoms with E-state index >= 15 is 0 Å². The van der Waals surface area contributed by atoms with E-state index in [0.29, 0.717) is 31.6 Å². The van der Waals surface area contributed by atoms with E-state index in [1.54, 1.807) is 53.7 Å². The van der Waals surface area contributed by atoms with Gasteiger partial charge in [-0.25, -0.2) is 19.3 Å².